The second kappa shape index (κ2) is 7.09. The summed E-state index contributed by atoms with van der Waals surface area (Å²) in [6.45, 7) is 10.3. The summed E-state index contributed by atoms with van der Waals surface area (Å²) in [6, 6.07) is 6.61. The first-order valence-corrected chi connectivity index (χ1v) is 7.42. The molecule has 1 N–H and O–H groups in total. The molecule has 3 heteroatoms. The Kier molecular flexibility index (Phi) is 5.44. The highest BCUT2D eigenvalue weighted by molar-refractivity contribution is 6.31. The van der Waals surface area contributed by atoms with Crippen LogP contribution in [0.1, 0.15) is 30.0 Å². The molecule has 1 aromatic carbocycles. The van der Waals surface area contributed by atoms with Crippen molar-refractivity contribution in [3.63, 3.8) is 0 Å². The number of halogens is 1. The maximum absolute atomic E-state index is 6.45. The van der Waals surface area contributed by atoms with E-state index in [2.05, 4.69) is 29.8 Å². The van der Waals surface area contributed by atoms with Crippen LogP contribution in [0.15, 0.2) is 30.9 Å². The molecule has 0 radical (unpaired) electrons. The molecule has 0 bridgehead atoms. The van der Waals surface area contributed by atoms with Gasteiger partial charge in [0.2, 0.25) is 0 Å². The van der Waals surface area contributed by atoms with Gasteiger partial charge in [0.15, 0.2) is 0 Å². The second-order valence-corrected chi connectivity index (χ2v) is 5.55. The number of aryl methyl sites for hydroxylation is 1. The lowest BCUT2D eigenvalue weighted by Gasteiger charge is -2.36. The number of allylic oxidation sites excluding steroid dienone is 1. The van der Waals surface area contributed by atoms with Gasteiger partial charge >= 0.3 is 0 Å². The molecule has 19 heavy (non-hydrogen) atoms. The van der Waals surface area contributed by atoms with Gasteiger partial charge in [-0.3, -0.25) is 4.90 Å². The normalized spacial score (nSPS) is 18.2. The van der Waals surface area contributed by atoms with Crippen molar-refractivity contribution in [1.82, 2.24) is 10.2 Å². The number of piperazine rings is 1. The number of hydrogen-bond acceptors (Lipinski definition) is 2. The fourth-order valence-electron chi connectivity index (χ4n) is 2.85. The third kappa shape index (κ3) is 3.59. The van der Waals surface area contributed by atoms with Crippen molar-refractivity contribution in [2.24, 2.45) is 0 Å². The van der Waals surface area contributed by atoms with Crippen molar-refractivity contribution in [3.05, 3.63) is 47.0 Å². The second-order valence-electron chi connectivity index (χ2n) is 5.14. The van der Waals surface area contributed by atoms with E-state index in [9.17, 15) is 0 Å². The van der Waals surface area contributed by atoms with Crippen LogP contribution in [0, 0.1) is 6.92 Å². The van der Waals surface area contributed by atoms with Gasteiger partial charge in [-0.1, -0.05) is 29.8 Å². The molecule has 0 unspecified atom stereocenters. The van der Waals surface area contributed by atoms with Gasteiger partial charge in [-0.05, 0) is 37.0 Å². The molecule has 2 rings (SSSR count). The number of nitrogens with one attached hydrogen (secondary N) is 1. The fraction of sp³-hybridized carbons (Fsp3) is 0.500. The van der Waals surface area contributed by atoms with Crippen LogP contribution in [0.25, 0.3) is 0 Å². The quantitative estimate of drug-likeness (QED) is 0.829. The highest BCUT2D eigenvalue weighted by Gasteiger charge is 2.24. The number of benzene rings is 1. The van der Waals surface area contributed by atoms with Crippen molar-refractivity contribution in [2.45, 2.75) is 25.8 Å². The van der Waals surface area contributed by atoms with Gasteiger partial charge in [0.1, 0.15) is 0 Å². The summed E-state index contributed by atoms with van der Waals surface area (Å²) in [5, 5.41) is 4.31. The van der Waals surface area contributed by atoms with Crippen molar-refractivity contribution >= 4 is 11.6 Å². The van der Waals surface area contributed by atoms with Crippen LogP contribution in [0.2, 0.25) is 5.02 Å². The third-order valence-corrected chi connectivity index (χ3v) is 4.17. The zero-order valence-corrected chi connectivity index (χ0v) is 12.4. The zero-order valence-electron chi connectivity index (χ0n) is 11.7. The third-order valence-electron chi connectivity index (χ3n) is 3.84. The predicted molar refractivity (Wildman–Crippen MR) is 82.8 cm³/mol. The van der Waals surface area contributed by atoms with E-state index < -0.39 is 0 Å². The highest BCUT2D eigenvalue weighted by atomic mass is 35.5. The Morgan fingerprint density at radius 2 is 2.16 bits per heavy atom. The molecule has 0 aliphatic carbocycles. The molecule has 2 nitrogen and oxygen atoms in total. The molecule has 1 aromatic rings. The monoisotopic (exact) mass is 278 g/mol. The smallest absolute Gasteiger partial charge is 0.0456 e. The van der Waals surface area contributed by atoms with Crippen molar-refractivity contribution in [2.75, 3.05) is 26.2 Å². The van der Waals surface area contributed by atoms with Crippen molar-refractivity contribution in [1.29, 1.82) is 0 Å². The van der Waals surface area contributed by atoms with Gasteiger partial charge in [-0.15, -0.1) is 6.58 Å². The molecule has 0 amide bonds. The molecule has 0 spiro atoms. The largest absolute Gasteiger partial charge is 0.314 e. The summed E-state index contributed by atoms with van der Waals surface area (Å²) in [5.41, 5.74) is 2.59. The lowest BCUT2D eigenvalue weighted by molar-refractivity contribution is 0.166. The van der Waals surface area contributed by atoms with E-state index in [1.165, 1.54) is 11.1 Å². The summed E-state index contributed by atoms with van der Waals surface area (Å²) >= 11 is 6.45. The number of nitrogens with zero attached hydrogens (tertiary/aromatic N) is 1. The lowest BCUT2D eigenvalue weighted by Crippen LogP contribution is -2.45. The maximum Gasteiger partial charge on any atom is 0.0456 e. The number of hydrogen-bond donors (Lipinski definition) is 1. The first-order chi connectivity index (χ1) is 9.24. The Labute approximate surface area is 121 Å². The Morgan fingerprint density at radius 3 is 2.79 bits per heavy atom. The molecule has 1 saturated heterocycles. The van der Waals surface area contributed by atoms with Crippen molar-refractivity contribution < 1.29 is 0 Å². The van der Waals surface area contributed by atoms with E-state index in [0.717, 1.165) is 44.0 Å². The van der Waals surface area contributed by atoms with E-state index in [0.29, 0.717) is 6.04 Å². The Morgan fingerprint density at radius 1 is 1.42 bits per heavy atom. The van der Waals surface area contributed by atoms with Gasteiger partial charge in [0.05, 0.1) is 0 Å². The minimum absolute atomic E-state index is 0.411. The van der Waals surface area contributed by atoms with Gasteiger partial charge in [0, 0.05) is 37.2 Å². The van der Waals surface area contributed by atoms with Gasteiger partial charge in [-0.25, -0.2) is 0 Å². The average molecular weight is 279 g/mol. The zero-order chi connectivity index (χ0) is 13.7. The number of rotatable bonds is 5. The molecule has 1 fully saturated rings. The summed E-state index contributed by atoms with van der Waals surface area (Å²) in [5.74, 6) is 0. The predicted octanol–water partition coefficient (Wildman–Crippen LogP) is 3.56. The van der Waals surface area contributed by atoms with Crippen LogP contribution in [0.5, 0.6) is 0 Å². The molecule has 1 heterocycles. The minimum atomic E-state index is 0.411. The molecule has 104 valence electrons. The van der Waals surface area contributed by atoms with Crippen LogP contribution < -0.4 is 5.32 Å². The minimum Gasteiger partial charge on any atom is -0.314 e. The van der Waals surface area contributed by atoms with Gasteiger partial charge < -0.3 is 5.32 Å². The summed E-state index contributed by atoms with van der Waals surface area (Å²) in [4.78, 5) is 2.55. The topological polar surface area (TPSA) is 15.3 Å². The van der Waals surface area contributed by atoms with E-state index in [-0.39, 0.29) is 0 Å². The summed E-state index contributed by atoms with van der Waals surface area (Å²) in [7, 11) is 0. The first kappa shape index (κ1) is 14.6. The summed E-state index contributed by atoms with van der Waals surface area (Å²) in [6.07, 6.45) is 4.12. The summed E-state index contributed by atoms with van der Waals surface area (Å²) < 4.78 is 0. The Balaban J connectivity index is 2.27. The fourth-order valence-corrected chi connectivity index (χ4v) is 3.19. The Hall–Kier alpha value is -0.830. The van der Waals surface area contributed by atoms with E-state index in [1.54, 1.807) is 0 Å². The molecule has 1 atom stereocenters. The van der Waals surface area contributed by atoms with Crippen molar-refractivity contribution in [3.8, 4) is 0 Å². The molecule has 0 aromatic heterocycles. The van der Waals surface area contributed by atoms with Crippen LogP contribution in [-0.2, 0) is 0 Å². The van der Waals surface area contributed by atoms with E-state index >= 15 is 0 Å². The van der Waals surface area contributed by atoms with Crippen LogP contribution in [0.3, 0.4) is 0 Å². The van der Waals surface area contributed by atoms with Crippen LogP contribution in [0.4, 0.5) is 0 Å². The lowest BCUT2D eigenvalue weighted by atomic mass is 9.95. The van der Waals surface area contributed by atoms with Crippen LogP contribution >= 0.6 is 11.6 Å². The first-order valence-electron chi connectivity index (χ1n) is 7.04. The van der Waals surface area contributed by atoms with E-state index in [4.69, 9.17) is 11.6 Å². The van der Waals surface area contributed by atoms with Gasteiger partial charge in [0.25, 0.3) is 0 Å². The molecular formula is C16H23ClN2. The van der Waals surface area contributed by atoms with Gasteiger partial charge in [-0.2, -0.15) is 0 Å². The van der Waals surface area contributed by atoms with Crippen LogP contribution in [-0.4, -0.2) is 31.1 Å². The molecule has 1 aliphatic rings. The Bertz CT molecular complexity index is 405. The highest BCUT2D eigenvalue weighted by Crippen LogP contribution is 2.33. The molecule has 0 saturated carbocycles. The maximum atomic E-state index is 6.45. The molecule has 1 aliphatic heterocycles. The SMILES string of the molecule is C=CCC[C@@H](c1c(C)cccc1Cl)N1CCNCC1. The standard InChI is InChI=1S/C16H23ClN2/c1-3-4-8-15(19-11-9-18-10-12-19)16-13(2)6-5-7-14(16)17/h3,5-7,15,18H,1,4,8-12H2,2H3/t15-/m0/s1. The average Bonchev–Trinajstić information content (AvgIpc) is 2.43. The molecular weight excluding hydrogens is 256 g/mol. The van der Waals surface area contributed by atoms with E-state index in [1.807, 2.05) is 18.2 Å².